The van der Waals surface area contributed by atoms with Gasteiger partial charge in [0.05, 0.1) is 11.6 Å². The van der Waals surface area contributed by atoms with Crippen molar-refractivity contribution < 1.29 is 14.0 Å². The van der Waals surface area contributed by atoms with Gasteiger partial charge in [0.1, 0.15) is 5.82 Å². The zero-order chi connectivity index (χ0) is 28.8. The number of nitrogens with one attached hydrogen (secondary N) is 1. The van der Waals surface area contributed by atoms with Gasteiger partial charge in [-0.1, -0.05) is 26.0 Å². The van der Waals surface area contributed by atoms with Gasteiger partial charge in [0.15, 0.2) is 0 Å². The molecule has 1 aromatic heterocycles. The fraction of sp³-hybridized carbons (Fsp3) is 0.441. The maximum Gasteiger partial charge on any atom is 0.254 e. The molecule has 1 N–H and O–H groups in total. The lowest BCUT2D eigenvalue weighted by atomic mass is 9.71. The van der Waals surface area contributed by atoms with Crippen LogP contribution in [0, 0.1) is 18.2 Å². The van der Waals surface area contributed by atoms with Gasteiger partial charge in [-0.05, 0) is 103 Å². The average molecular weight is 555 g/mol. The zero-order valence-corrected chi connectivity index (χ0v) is 24.3. The lowest BCUT2D eigenvalue weighted by molar-refractivity contribution is 0.0515. The van der Waals surface area contributed by atoms with Gasteiger partial charge in [-0.15, -0.1) is 0 Å². The fourth-order valence-electron chi connectivity index (χ4n) is 7.16. The molecule has 2 saturated heterocycles. The number of halogens is 1. The van der Waals surface area contributed by atoms with Crippen molar-refractivity contribution in [1.82, 2.24) is 15.2 Å². The first-order chi connectivity index (χ1) is 19.6. The second-order valence-corrected chi connectivity index (χ2v) is 12.9. The maximum absolute atomic E-state index is 14.5. The van der Waals surface area contributed by atoms with Gasteiger partial charge in [0.2, 0.25) is 0 Å². The molecule has 2 amide bonds. The van der Waals surface area contributed by atoms with E-state index in [0.717, 1.165) is 68.6 Å². The number of carbonyl (C=O) groups is 2. The molecule has 2 fully saturated rings. The third kappa shape index (κ3) is 5.34. The summed E-state index contributed by atoms with van der Waals surface area (Å²) in [6, 6.07) is 14.5. The lowest BCUT2D eigenvalue weighted by Crippen LogP contribution is -2.48. The van der Waals surface area contributed by atoms with Crippen LogP contribution in [0.3, 0.4) is 0 Å². The van der Waals surface area contributed by atoms with E-state index in [2.05, 4.69) is 41.2 Å². The number of benzene rings is 2. The molecule has 2 aliphatic heterocycles. The number of anilines is 1. The highest BCUT2D eigenvalue weighted by molar-refractivity contribution is 5.96. The van der Waals surface area contributed by atoms with E-state index in [0.29, 0.717) is 17.4 Å². The standard InChI is InChI=1S/C34H39FN4O2/c1-23-4-6-26(29(35)20-23)31(40)37-30-22-33(2,3)28-7-5-24(21-27(28)30)32(41)39-18-12-34(13-19-39)10-16-38(17-11-34)25-8-14-36-15-9-25/h4-9,14-15,20-21,30H,10-13,16-19,22H2,1-3H3,(H,37,40). The number of hydrogen-bond acceptors (Lipinski definition) is 4. The van der Waals surface area contributed by atoms with Crippen LogP contribution in [0.25, 0.3) is 0 Å². The third-order valence-electron chi connectivity index (χ3n) is 9.76. The van der Waals surface area contributed by atoms with Crippen LogP contribution in [0.4, 0.5) is 10.1 Å². The Morgan fingerprint density at radius 1 is 0.927 bits per heavy atom. The first kappa shape index (κ1) is 27.4. The van der Waals surface area contributed by atoms with Crippen LogP contribution in [0.15, 0.2) is 60.9 Å². The Hall–Kier alpha value is -3.74. The minimum atomic E-state index is -0.519. The molecular weight excluding hydrogens is 515 g/mol. The number of rotatable bonds is 4. The van der Waals surface area contributed by atoms with Crippen LogP contribution in [-0.4, -0.2) is 47.9 Å². The van der Waals surface area contributed by atoms with E-state index in [1.54, 1.807) is 13.0 Å². The van der Waals surface area contributed by atoms with Gasteiger partial charge in [-0.2, -0.15) is 0 Å². The van der Waals surface area contributed by atoms with E-state index in [1.165, 1.54) is 17.8 Å². The monoisotopic (exact) mass is 554 g/mol. The normalized spacial score (nSPS) is 21.0. The van der Waals surface area contributed by atoms with E-state index in [9.17, 15) is 14.0 Å². The van der Waals surface area contributed by atoms with Gasteiger partial charge >= 0.3 is 0 Å². The number of aryl methyl sites for hydroxylation is 1. The number of hydrogen-bond donors (Lipinski definition) is 1. The highest BCUT2D eigenvalue weighted by Crippen LogP contribution is 2.46. The molecule has 1 spiro atoms. The molecule has 2 aromatic carbocycles. The Bertz CT molecular complexity index is 1450. The number of nitrogens with zero attached hydrogens (tertiary/aromatic N) is 3. The summed E-state index contributed by atoms with van der Waals surface area (Å²) in [7, 11) is 0. The van der Waals surface area contributed by atoms with Gasteiger partial charge in [-0.25, -0.2) is 4.39 Å². The van der Waals surface area contributed by atoms with Gasteiger partial charge in [-0.3, -0.25) is 14.6 Å². The van der Waals surface area contributed by atoms with Crippen molar-refractivity contribution in [3.05, 3.63) is 94.6 Å². The molecular formula is C34H39FN4O2. The van der Waals surface area contributed by atoms with E-state index in [-0.39, 0.29) is 22.9 Å². The summed E-state index contributed by atoms with van der Waals surface area (Å²) in [6.45, 7) is 9.71. The molecule has 6 nitrogen and oxygen atoms in total. The largest absolute Gasteiger partial charge is 0.371 e. The molecule has 0 radical (unpaired) electrons. The topological polar surface area (TPSA) is 65.5 Å². The van der Waals surface area contributed by atoms with Crippen molar-refractivity contribution in [3.63, 3.8) is 0 Å². The van der Waals surface area contributed by atoms with Crippen LogP contribution in [-0.2, 0) is 5.41 Å². The number of piperidine rings is 2. The first-order valence-corrected chi connectivity index (χ1v) is 14.8. The summed E-state index contributed by atoms with van der Waals surface area (Å²) in [6.07, 6.45) is 8.75. The van der Waals surface area contributed by atoms with Crippen molar-refractivity contribution in [1.29, 1.82) is 0 Å². The Balaban J connectivity index is 1.12. The molecule has 0 saturated carbocycles. The third-order valence-corrected chi connectivity index (χ3v) is 9.76. The first-order valence-electron chi connectivity index (χ1n) is 14.8. The minimum Gasteiger partial charge on any atom is -0.371 e. The second-order valence-electron chi connectivity index (χ2n) is 12.9. The molecule has 1 unspecified atom stereocenters. The predicted molar refractivity (Wildman–Crippen MR) is 159 cm³/mol. The van der Waals surface area contributed by atoms with Crippen LogP contribution in [0.1, 0.15) is 89.4 Å². The molecule has 41 heavy (non-hydrogen) atoms. The maximum atomic E-state index is 14.5. The Kier molecular flexibility index (Phi) is 7.08. The highest BCUT2D eigenvalue weighted by Gasteiger charge is 2.41. The van der Waals surface area contributed by atoms with Crippen LogP contribution >= 0.6 is 0 Å². The summed E-state index contributed by atoms with van der Waals surface area (Å²) in [5.74, 6) is -0.893. The van der Waals surface area contributed by atoms with E-state index < -0.39 is 11.7 Å². The van der Waals surface area contributed by atoms with Crippen LogP contribution in [0.5, 0.6) is 0 Å². The summed E-state index contributed by atoms with van der Waals surface area (Å²) in [4.78, 5) is 35.3. The van der Waals surface area contributed by atoms with Gasteiger partial charge in [0.25, 0.3) is 11.8 Å². The summed E-state index contributed by atoms with van der Waals surface area (Å²) < 4.78 is 14.5. The SMILES string of the molecule is Cc1ccc(C(=O)NC2CC(C)(C)c3ccc(C(=O)N4CCC5(CC4)CCN(c4ccncc4)CC5)cc32)c(F)c1. The lowest BCUT2D eigenvalue weighted by Gasteiger charge is -2.47. The van der Waals surface area contributed by atoms with Gasteiger partial charge in [0, 0.05) is 49.8 Å². The number of fused-ring (bicyclic) bond motifs is 1. The minimum absolute atomic E-state index is 0.0444. The average Bonchev–Trinajstić information content (AvgIpc) is 3.22. The molecule has 3 aromatic rings. The Labute approximate surface area is 242 Å². The second kappa shape index (κ2) is 10.6. The summed E-state index contributed by atoms with van der Waals surface area (Å²) >= 11 is 0. The molecule has 6 rings (SSSR count). The van der Waals surface area contributed by atoms with E-state index in [1.807, 2.05) is 35.5 Å². The Morgan fingerprint density at radius 3 is 2.29 bits per heavy atom. The molecule has 3 aliphatic rings. The van der Waals surface area contributed by atoms with Crippen molar-refractivity contribution in [2.45, 2.75) is 64.3 Å². The number of likely N-dealkylation sites (tertiary alicyclic amines) is 1. The number of pyridine rings is 1. The van der Waals surface area contributed by atoms with Crippen molar-refractivity contribution >= 4 is 17.5 Å². The quantitative estimate of drug-likeness (QED) is 0.417. The zero-order valence-electron chi connectivity index (χ0n) is 24.3. The molecule has 1 atom stereocenters. The predicted octanol–water partition coefficient (Wildman–Crippen LogP) is 6.20. The van der Waals surface area contributed by atoms with E-state index in [4.69, 9.17) is 0 Å². The molecule has 214 valence electrons. The smallest absolute Gasteiger partial charge is 0.254 e. The number of aromatic nitrogens is 1. The summed E-state index contributed by atoms with van der Waals surface area (Å²) in [5.41, 5.74) is 4.94. The number of amides is 2. The molecule has 0 bridgehead atoms. The highest BCUT2D eigenvalue weighted by atomic mass is 19.1. The van der Waals surface area contributed by atoms with Crippen molar-refractivity contribution in [3.8, 4) is 0 Å². The van der Waals surface area contributed by atoms with E-state index >= 15 is 0 Å². The van der Waals surface area contributed by atoms with Gasteiger partial charge < -0.3 is 15.1 Å². The number of carbonyl (C=O) groups excluding carboxylic acids is 2. The fourth-order valence-corrected chi connectivity index (χ4v) is 7.16. The van der Waals surface area contributed by atoms with Crippen molar-refractivity contribution in [2.75, 3.05) is 31.1 Å². The molecule has 3 heterocycles. The molecule has 1 aliphatic carbocycles. The summed E-state index contributed by atoms with van der Waals surface area (Å²) in [5, 5.41) is 3.06. The molecule has 7 heteroatoms. The Morgan fingerprint density at radius 2 is 1.61 bits per heavy atom. The van der Waals surface area contributed by atoms with Crippen molar-refractivity contribution in [2.24, 2.45) is 5.41 Å². The van der Waals surface area contributed by atoms with Crippen LogP contribution in [0.2, 0.25) is 0 Å². The van der Waals surface area contributed by atoms with Crippen LogP contribution < -0.4 is 10.2 Å².